The van der Waals surface area contributed by atoms with Crippen LogP contribution in [0.5, 0.6) is 0 Å². The van der Waals surface area contributed by atoms with Crippen molar-refractivity contribution in [2.24, 2.45) is 10.9 Å². The van der Waals surface area contributed by atoms with Gasteiger partial charge in [-0.3, -0.25) is 14.7 Å². The fraction of sp³-hybridized carbons (Fsp3) is 0.440. The van der Waals surface area contributed by atoms with E-state index in [2.05, 4.69) is 55.3 Å². The van der Waals surface area contributed by atoms with Crippen LogP contribution in [-0.4, -0.2) is 64.1 Å². The molecule has 7 rings (SSSR count). The average Bonchev–Trinajstić information content (AvgIpc) is 3.59. The summed E-state index contributed by atoms with van der Waals surface area (Å²) >= 11 is 1.73. The van der Waals surface area contributed by atoms with E-state index in [1.54, 1.807) is 17.7 Å². The molecule has 3 aromatic rings. The molecule has 2 saturated heterocycles. The molecule has 3 unspecified atom stereocenters. The van der Waals surface area contributed by atoms with Crippen LogP contribution in [0.4, 0.5) is 11.5 Å². The lowest BCUT2D eigenvalue weighted by molar-refractivity contribution is -0.138. The van der Waals surface area contributed by atoms with Gasteiger partial charge in [0.15, 0.2) is 0 Å². The third-order valence-electron chi connectivity index (χ3n) is 7.89. The minimum Gasteiger partial charge on any atom is -0.340 e. The Morgan fingerprint density at radius 2 is 2.15 bits per heavy atom. The topological polar surface area (TPSA) is 73.7 Å². The number of nitrogens with one attached hydrogen (secondary N) is 1. The molecule has 0 radical (unpaired) electrons. The van der Waals surface area contributed by atoms with Crippen molar-refractivity contribution in [3.8, 4) is 0 Å². The van der Waals surface area contributed by atoms with Gasteiger partial charge in [-0.2, -0.15) is 0 Å². The van der Waals surface area contributed by atoms with Gasteiger partial charge in [0.25, 0.3) is 0 Å². The van der Waals surface area contributed by atoms with E-state index in [-0.39, 0.29) is 5.92 Å². The number of thiophene rings is 1. The summed E-state index contributed by atoms with van der Waals surface area (Å²) in [5.74, 6) is 1.32. The van der Waals surface area contributed by atoms with Crippen molar-refractivity contribution >= 4 is 45.2 Å². The average molecular weight is 459 g/mol. The van der Waals surface area contributed by atoms with Gasteiger partial charge >= 0.3 is 0 Å². The number of anilines is 2. The largest absolute Gasteiger partial charge is 0.340 e. The minimum atomic E-state index is 0.0931. The van der Waals surface area contributed by atoms with Gasteiger partial charge in [0.1, 0.15) is 17.0 Å². The van der Waals surface area contributed by atoms with Crippen LogP contribution in [0.15, 0.2) is 29.5 Å². The molecule has 1 N–H and O–H groups in total. The summed E-state index contributed by atoms with van der Waals surface area (Å²) in [6.45, 7) is 2.69. The van der Waals surface area contributed by atoms with Gasteiger partial charge in [-0.1, -0.05) is 6.07 Å². The number of aromatic nitrogens is 2. The molecule has 3 atom stereocenters. The summed E-state index contributed by atoms with van der Waals surface area (Å²) in [5, 5.41) is 4.65. The van der Waals surface area contributed by atoms with Crippen LogP contribution in [0.25, 0.3) is 10.2 Å². The van der Waals surface area contributed by atoms with E-state index >= 15 is 0 Å². The zero-order valence-corrected chi connectivity index (χ0v) is 19.4. The highest BCUT2D eigenvalue weighted by atomic mass is 32.1. The van der Waals surface area contributed by atoms with E-state index in [4.69, 9.17) is 0 Å². The number of likely N-dealkylation sites (N-methyl/N-ethyl adjacent to an activating group) is 1. The van der Waals surface area contributed by atoms with Gasteiger partial charge in [0, 0.05) is 47.9 Å². The van der Waals surface area contributed by atoms with Gasteiger partial charge in [-0.05, 0) is 61.6 Å². The number of benzene rings is 1. The zero-order chi connectivity index (χ0) is 22.1. The van der Waals surface area contributed by atoms with Crippen molar-refractivity contribution in [1.82, 2.24) is 19.8 Å². The smallest absolute Gasteiger partial charge is 0.226 e. The quantitative estimate of drug-likeness (QED) is 0.651. The van der Waals surface area contributed by atoms with E-state index < -0.39 is 0 Å². The van der Waals surface area contributed by atoms with Crippen LogP contribution in [0.2, 0.25) is 0 Å². The molecule has 8 heteroatoms. The molecular formula is C25H26N6OS. The second-order valence-corrected chi connectivity index (χ2v) is 10.9. The fourth-order valence-corrected chi connectivity index (χ4v) is 7.37. The summed E-state index contributed by atoms with van der Waals surface area (Å²) in [4.78, 5) is 33.8. The van der Waals surface area contributed by atoms with Crippen LogP contribution >= 0.6 is 11.3 Å². The van der Waals surface area contributed by atoms with Gasteiger partial charge in [0.05, 0.1) is 11.9 Å². The summed E-state index contributed by atoms with van der Waals surface area (Å²) in [5.41, 5.74) is 4.77. The SMILES string of the molecule is CN1CC2CC1CN2C(=O)C1CCc2c(sc3ncnc(Nc4ccc5c(c4)C=NC5)c23)C1. The van der Waals surface area contributed by atoms with E-state index in [1.807, 2.05) is 6.21 Å². The molecule has 3 aliphatic heterocycles. The van der Waals surface area contributed by atoms with Gasteiger partial charge in [-0.25, -0.2) is 9.97 Å². The lowest BCUT2D eigenvalue weighted by Crippen LogP contribution is -2.49. The molecular weight excluding hydrogens is 432 g/mol. The molecule has 2 fully saturated rings. The van der Waals surface area contributed by atoms with E-state index in [0.29, 0.717) is 18.0 Å². The highest BCUT2D eigenvalue weighted by molar-refractivity contribution is 7.19. The molecule has 2 bridgehead atoms. The second kappa shape index (κ2) is 7.33. The van der Waals surface area contributed by atoms with Crippen molar-refractivity contribution in [1.29, 1.82) is 0 Å². The second-order valence-electron chi connectivity index (χ2n) is 9.83. The number of carbonyl (C=O) groups excluding carboxylic acids is 1. The number of rotatable bonds is 3. The Bertz CT molecular complexity index is 1310. The van der Waals surface area contributed by atoms with E-state index in [0.717, 1.165) is 67.0 Å². The maximum absolute atomic E-state index is 13.4. The number of aliphatic imine (C=N–C) groups is 1. The van der Waals surface area contributed by atoms with Crippen molar-refractivity contribution in [2.45, 2.75) is 44.3 Å². The Kier molecular flexibility index (Phi) is 4.36. The number of hydrogen-bond donors (Lipinski definition) is 1. The number of piperazine rings is 1. The normalized spacial score (nSPS) is 25.6. The molecule has 1 aliphatic carbocycles. The highest BCUT2D eigenvalue weighted by Crippen LogP contribution is 2.42. The van der Waals surface area contributed by atoms with Crippen molar-refractivity contribution < 1.29 is 4.79 Å². The third kappa shape index (κ3) is 3.11. The van der Waals surface area contributed by atoms with Gasteiger partial charge in [0.2, 0.25) is 5.91 Å². The van der Waals surface area contributed by atoms with E-state index in [1.165, 1.54) is 21.6 Å². The molecule has 1 amide bonds. The van der Waals surface area contributed by atoms with Gasteiger partial charge in [-0.15, -0.1) is 11.3 Å². The number of aryl methyl sites for hydroxylation is 1. The zero-order valence-electron chi connectivity index (χ0n) is 18.6. The molecule has 2 aromatic heterocycles. The molecule has 168 valence electrons. The third-order valence-corrected chi connectivity index (χ3v) is 9.06. The first-order chi connectivity index (χ1) is 16.1. The van der Waals surface area contributed by atoms with Crippen LogP contribution in [0, 0.1) is 5.92 Å². The number of likely N-dealkylation sites (tertiary alicyclic amines) is 2. The monoisotopic (exact) mass is 458 g/mol. The molecule has 5 heterocycles. The standard InChI is InChI=1S/C25H26N6OS/c1-30-11-19-8-18(30)12-31(19)25(32)14-3-5-20-21(7-14)33-24-22(20)23(27-13-28-24)29-17-4-2-15-9-26-10-16(15)6-17/h2,4,6,10,13-14,18-19H,3,5,7-9,11-12H2,1H3,(H,27,28,29). The molecule has 1 aromatic carbocycles. The summed E-state index contributed by atoms with van der Waals surface area (Å²) in [6, 6.07) is 7.32. The highest BCUT2D eigenvalue weighted by Gasteiger charge is 2.45. The number of fused-ring (bicyclic) bond motifs is 6. The molecule has 0 spiro atoms. The summed E-state index contributed by atoms with van der Waals surface area (Å²) in [7, 11) is 2.18. The summed E-state index contributed by atoms with van der Waals surface area (Å²) in [6.07, 6.45) is 7.36. The Morgan fingerprint density at radius 1 is 1.21 bits per heavy atom. The Labute approximate surface area is 196 Å². The van der Waals surface area contributed by atoms with E-state index in [9.17, 15) is 4.79 Å². The number of nitrogens with zero attached hydrogens (tertiary/aromatic N) is 5. The van der Waals surface area contributed by atoms with Crippen molar-refractivity contribution in [2.75, 3.05) is 25.5 Å². The maximum Gasteiger partial charge on any atom is 0.226 e. The maximum atomic E-state index is 13.4. The van der Waals surface area contributed by atoms with Crippen LogP contribution in [0.3, 0.4) is 0 Å². The Balaban J connectivity index is 1.16. The molecule has 7 nitrogen and oxygen atoms in total. The molecule has 0 saturated carbocycles. The first-order valence-corrected chi connectivity index (χ1v) is 12.6. The lowest BCUT2D eigenvalue weighted by atomic mass is 9.86. The van der Waals surface area contributed by atoms with Crippen molar-refractivity contribution in [3.63, 3.8) is 0 Å². The first-order valence-electron chi connectivity index (χ1n) is 11.8. The first kappa shape index (κ1) is 19.6. The fourth-order valence-electron chi connectivity index (χ4n) is 6.10. The number of amides is 1. The van der Waals surface area contributed by atoms with Gasteiger partial charge < -0.3 is 10.2 Å². The Morgan fingerprint density at radius 3 is 3.00 bits per heavy atom. The lowest BCUT2D eigenvalue weighted by Gasteiger charge is -2.35. The predicted molar refractivity (Wildman–Crippen MR) is 130 cm³/mol. The molecule has 4 aliphatic rings. The van der Waals surface area contributed by atoms with Crippen LogP contribution < -0.4 is 5.32 Å². The van der Waals surface area contributed by atoms with Crippen LogP contribution in [-0.2, 0) is 24.2 Å². The Hall–Kier alpha value is -2.84. The molecule has 33 heavy (non-hydrogen) atoms. The van der Waals surface area contributed by atoms with Crippen molar-refractivity contribution in [3.05, 3.63) is 46.1 Å². The number of carbonyl (C=O) groups is 1. The minimum absolute atomic E-state index is 0.0931. The number of hydrogen-bond acceptors (Lipinski definition) is 7. The summed E-state index contributed by atoms with van der Waals surface area (Å²) < 4.78 is 0. The van der Waals surface area contributed by atoms with Crippen LogP contribution in [0.1, 0.15) is 34.4 Å². The predicted octanol–water partition coefficient (Wildman–Crippen LogP) is 3.39.